The lowest BCUT2D eigenvalue weighted by Crippen LogP contribution is -2.16. The first-order chi connectivity index (χ1) is 10.1. The van der Waals surface area contributed by atoms with E-state index in [1.54, 1.807) is 0 Å². The van der Waals surface area contributed by atoms with Gasteiger partial charge in [-0.1, -0.05) is 35.9 Å². The first kappa shape index (κ1) is 14.3. The average molecular weight is 309 g/mol. The van der Waals surface area contributed by atoms with Gasteiger partial charge in [0.05, 0.1) is 16.8 Å². The summed E-state index contributed by atoms with van der Waals surface area (Å²) in [4.78, 5) is 0. The van der Waals surface area contributed by atoms with Crippen molar-refractivity contribution in [3.63, 3.8) is 0 Å². The van der Waals surface area contributed by atoms with Gasteiger partial charge in [-0.15, -0.1) is 0 Å². The van der Waals surface area contributed by atoms with E-state index in [9.17, 15) is 8.78 Å². The quantitative estimate of drug-likeness (QED) is 0.866. The minimum absolute atomic E-state index is 0.0576. The van der Waals surface area contributed by atoms with Crippen molar-refractivity contribution < 1.29 is 8.78 Å². The lowest BCUT2D eigenvalue weighted by molar-refractivity contribution is 0.580. The summed E-state index contributed by atoms with van der Waals surface area (Å²) < 4.78 is 27.1. The van der Waals surface area contributed by atoms with Crippen molar-refractivity contribution in [1.29, 1.82) is 0 Å². The van der Waals surface area contributed by atoms with Crippen molar-refractivity contribution in [3.05, 3.63) is 64.2 Å². The molecule has 2 nitrogen and oxygen atoms in total. The zero-order valence-corrected chi connectivity index (χ0v) is 12.1. The molecule has 5 heteroatoms. The predicted molar refractivity (Wildman–Crippen MR) is 80.5 cm³/mol. The molecule has 1 unspecified atom stereocenters. The van der Waals surface area contributed by atoms with Crippen LogP contribution in [0.15, 0.2) is 36.4 Å². The number of fused-ring (bicyclic) bond motifs is 1. The van der Waals surface area contributed by atoms with Crippen LogP contribution in [0.4, 0.5) is 14.5 Å². The highest BCUT2D eigenvalue weighted by molar-refractivity contribution is 6.33. The summed E-state index contributed by atoms with van der Waals surface area (Å²) in [5.41, 5.74) is 2.44. The SMILES string of the molecule is Fc1cc(F)c(NC2CCNCc3ccccc32)c(Cl)c1. The maximum Gasteiger partial charge on any atom is 0.150 e. The lowest BCUT2D eigenvalue weighted by atomic mass is 9.99. The summed E-state index contributed by atoms with van der Waals surface area (Å²) in [7, 11) is 0. The van der Waals surface area contributed by atoms with E-state index in [1.807, 2.05) is 24.3 Å². The van der Waals surface area contributed by atoms with Crippen LogP contribution in [-0.4, -0.2) is 6.54 Å². The Morgan fingerprint density at radius 2 is 2.00 bits per heavy atom. The third kappa shape index (κ3) is 3.01. The highest BCUT2D eigenvalue weighted by atomic mass is 35.5. The van der Waals surface area contributed by atoms with E-state index in [2.05, 4.69) is 10.6 Å². The molecule has 0 spiro atoms. The first-order valence-corrected chi connectivity index (χ1v) is 7.22. The number of hydrogen-bond acceptors (Lipinski definition) is 2. The highest BCUT2D eigenvalue weighted by Crippen LogP contribution is 2.33. The molecule has 2 aromatic rings. The number of hydrogen-bond donors (Lipinski definition) is 2. The fourth-order valence-electron chi connectivity index (χ4n) is 2.66. The first-order valence-electron chi connectivity index (χ1n) is 6.85. The molecule has 1 aliphatic heterocycles. The van der Waals surface area contributed by atoms with Gasteiger partial charge in [-0.2, -0.15) is 0 Å². The maximum atomic E-state index is 13.9. The van der Waals surface area contributed by atoms with Crippen molar-refractivity contribution >= 4 is 17.3 Å². The van der Waals surface area contributed by atoms with Crippen LogP contribution in [0.2, 0.25) is 5.02 Å². The number of anilines is 1. The molecule has 0 bridgehead atoms. The number of benzene rings is 2. The molecular weight excluding hydrogens is 294 g/mol. The van der Waals surface area contributed by atoms with Gasteiger partial charge < -0.3 is 10.6 Å². The minimum Gasteiger partial charge on any atom is -0.375 e. The molecule has 0 saturated carbocycles. The molecule has 1 atom stereocenters. The number of halogens is 3. The second-order valence-corrected chi connectivity index (χ2v) is 5.51. The Kier molecular flexibility index (Phi) is 4.08. The number of nitrogens with one attached hydrogen (secondary N) is 2. The molecule has 0 amide bonds. The average Bonchev–Trinajstić information content (AvgIpc) is 2.65. The van der Waals surface area contributed by atoms with Crippen molar-refractivity contribution in [2.24, 2.45) is 0 Å². The Labute approximate surface area is 127 Å². The molecule has 1 heterocycles. The van der Waals surface area contributed by atoms with E-state index >= 15 is 0 Å². The fraction of sp³-hybridized carbons (Fsp3) is 0.250. The highest BCUT2D eigenvalue weighted by Gasteiger charge is 2.20. The Bertz CT molecular complexity index is 637. The number of rotatable bonds is 2. The van der Waals surface area contributed by atoms with Crippen LogP contribution in [0.5, 0.6) is 0 Å². The molecule has 3 rings (SSSR count). The van der Waals surface area contributed by atoms with Gasteiger partial charge >= 0.3 is 0 Å². The maximum absolute atomic E-state index is 13.9. The van der Waals surface area contributed by atoms with Crippen LogP contribution >= 0.6 is 11.6 Å². The molecule has 2 N–H and O–H groups in total. The minimum atomic E-state index is -0.675. The Morgan fingerprint density at radius 1 is 1.19 bits per heavy atom. The second-order valence-electron chi connectivity index (χ2n) is 5.11. The van der Waals surface area contributed by atoms with Gasteiger partial charge in [-0.3, -0.25) is 0 Å². The van der Waals surface area contributed by atoms with Gasteiger partial charge in [0.15, 0.2) is 5.82 Å². The molecule has 2 aromatic carbocycles. The molecule has 0 radical (unpaired) electrons. The molecule has 0 saturated heterocycles. The van der Waals surface area contributed by atoms with E-state index in [4.69, 9.17) is 11.6 Å². The van der Waals surface area contributed by atoms with Gasteiger partial charge in [0, 0.05) is 12.6 Å². The summed E-state index contributed by atoms with van der Waals surface area (Å²) in [5, 5.41) is 6.52. The summed E-state index contributed by atoms with van der Waals surface area (Å²) >= 11 is 5.96. The molecule has 21 heavy (non-hydrogen) atoms. The van der Waals surface area contributed by atoms with Crippen molar-refractivity contribution in [2.75, 3.05) is 11.9 Å². The standard InChI is InChI=1S/C16H15ClF2N2/c17-13-7-11(18)8-14(19)16(13)21-15-5-6-20-9-10-3-1-2-4-12(10)15/h1-4,7-8,15,20-21H,5-6,9H2. The van der Waals surface area contributed by atoms with Gasteiger partial charge in [0.2, 0.25) is 0 Å². The summed E-state index contributed by atoms with van der Waals surface area (Å²) in [5.74, 6) is -1.35. The lowest BCUT2D eigenvalue weighted by Gasteiger charge is -2.21. The summed E-state index contributed by atoms with van der Waals surface area (Å²) in [6, 6.07) is 9.91. The van der Waals surface area contributed by atoms with Crippen LogP contribution in [0.1, 0.15) is 23.6 Å². The zero-order chi connectivity index (χ0) is 14.8. The van der Waals surface area contributed by atoms with Crippen molar-refractivity contribution in [2.45, 2.75) is 19.0 Å². The normalized spacial score (nSPS) is 18.0. The zero-order valence-electron chi connectivity index (χ0n) is 11.3. The van der Waals surface area contributed by atoms with E-state index < -0.39 is 11.6 Å². The molecule has 1 aliphatic rings. The van der Waals surface area contributed by atoms with Gasteiger partial charge in [0.1, 0.15) is 5.82 Å². The third-order valence-electron chi connectivity index (χ3n) is 3.68. The van der Waals surface area contributed by atoms with Crippen molar-refractivity contribution in [3.8, 4) is 0 Å². The van der Waals surface area contributed by atoms with Crippen molar-refractivity contribution in [1.82, 2.24) is 5.32 Å². The monoisotopic (exact) mass is 308 g/mol. The Balaban J connectivity index is 1.95. The Morgan fingerprint density at radius 3 is 2.81 bits per heavy atom. The molecule has 0 aliphatic carbocycles. The molecular formula is C16H15ClF2N2. The fourth-order valence-corrected chi connectivity index (χ4v) is 2.91. The van der Waals surface area contributed by atoms with E-state index in [0.717, 1.165) is 37.2 Å². The summed E-state index contributed by atoms with van der Waals surface area (Å²) in [6.07, 6.45) is 0.796. The third-order valence-corrected chi connectivity index (χ3v) is 3.98. The van der Waals surface area contributed by atoms with E-state index in [-0.39, 0.29) is 16.8 Å². The van der Waals surface area contributed by atoms with Crippen LogP contribution in [0.25, 0.3) is 0 Å². The second kappa shape index (κ2) is 6.00. The van der Waals surface area contributed by atoms with Gasteiger partial charge in [0.25, 0.3) is 0 Å². The smallest absolute Gasteiger partial charge is 0.150 e. The van der Waals surface area contributed by atoms with Gasteiger partial charge in [-0.25, -0.2) is 8.78 Å². The molecule has 110 valence electrons. The topological polar surface area (TPSA) is 24.1 Å². The van der Waals surface area contributed by atoms with Crippen LogP contribution in [-0.2, 0) is 6.54 Å². The van der Waals surface area contributed by atoms with Crippen LogP contribution < -0.4 is 10.6 Å². The predicted octanol–water partition coefficient (Wildman–Crippen LogP) is 4.26. The molecule has 0 aromatic heterocycles. The van der Waals surface area contributed by atoms with Gasteiger partial charge in [-0.05, 0) is 30.2 Å². The largest absolute Gasteiger partial charge is 0.375 e. The van der Waals surface area contributed by atoms with E-state index in [0.29, 0.717) is 0 Å². The summed E-state index contributed by atoms with van der Waals surface area (Å²) in [6.45, 7) is 1.60. The molecule has 0 fully saturated rings. The Hall–Kier alpha value is -1.65. The van der Waals surface area contributed by atoms with Crippen LogP contribution in [0, 0.1) is 11.6 Å². The van der Waals surface area contributed by atoms with E-state index in [1.165, 1.54) is 5.56 Å². The van der Waals surface area contributed by atoms with Crippen LogP contribution in [0.3, 0.4) is 0 Å².